The summed E-state index contributed by atoms with van der Waals surface area (Å²) in [5, 5.41) is 0.627. The van der Waals surface area contributed by atoms with Crippen molar-refractivity contribution in [1.29, 1.82) is 0 Å². The van der Waals surface area contributed by atoms with Crippen molar-refractivity contribution >= 4 is 17.4 Å². The first-order chi connectivity index (χ1) is 6.72. The van der Waals surface area contributed by atoms with Gasteiger partial charge in [-0.05, 0) is 24.1 Å². The van der Waals surface area contributed by atoms with Gasteiger partial charge in [-0.15, -0.1) is 0 Å². The third-order valence-electron chi connectivity index (χ3n) is 2.65. The Hall–Kier alpha value is -1.02. The Bertz CT molecular complexity index is 374. The number of ketones is 1. The Balaban J connectivity index is 2.30. The fourth-order valence-corrected chi connectivity index (χ4v) is 1.96. The van der Waals surface area contributed by atoms with Crippen LogP contribution in [0.2, 0.25) is 5.02 Å². The van der Waals surface area contributed by atoms with E-state index < -0.39 is 0 Å². The Labute approximate surface area is 87.8 Å². The zero-order valence-electron chi connectivity index (χ0n) is 7.92. The summed E-state index contributed by atoms with van der Waals surface area (Å²) in [5.41, 5.74) is 0.934. The van der Waals surface area contributed by atoms with Crippen LogP contribution in [-0.2, 0) is 4.79 Å². The normalized spacial score (nSPS) is 20.4. The van der Waals surface area contributed by atoms with Gasteiger partial charge in [-0.25, -0.2) is 0 Å². The SMILES string of the molecule is COc1ccc(C2CCC2=O)c(Cl)c1. The first-order valence-corrected chi connectivity index (χ1v) is 4.96. The van der Waals surface area contributed by atoms with Gasteiger partial charge in [-0.1, -0.05) is 17.7 Å². The Morgan fingerprint density at radius 2 is 2.29 bits per heavy atom. The van der Waals surface area contributed by atoms with E-state index in [9.17, 15) is 4.79 Å². The number of Topliss-reactive ketones (excluding diaryl/α,β-unsaturated/α-hetero) is 1. The van der Waals surface area contributed by atoms with Gasteiger partial charge in [0, 0.05) is 17.4 Å². The van der Waals surface area contributed by atoms with Crippen LogP contribution in [0.4, 0.5) is 0 Å². The van der Waals surface area contributed by atoms with Crippen LogP contribution in [0.15, 0.2) is 18.2 Å². The molecule has 0 bridgehead atoms. The van der Waals surface area contributed by atoms with E-state index in [2.05, 4.69) is 0 Å². The Morgan fingerprint density at radius 1 is 1.50 bits per heavy atom. The molecule has 1 atom stereocenters. The molecule has 1 aromatic carbocycles. The van der Waals surface area contributed by atoms with E-state index in [0.717, 1.165) is 17.7 Å². The lowest BCUT2D eigenvalue weighted by atomic mass is 9.78. The van der Waals surface area contributed by atoms with Gasteiger partial charge >= 0.3 is 0 Å². The summed E-state index contributed by atoms with van der Waals surface area (Å²) in [6.07, 6.45) is 1.61. The van der Waals surface area contributed by atoms with Gasteiger partial charge in [0.25, 0.3) is 0 Å². The van der Waals surface area contributed by atoms with Crippen molar-refractivity contribution in [3.63, 3.8) is 0 Å². The molecule has 1 saturated carbocycles. The van der Waals surface area contributed by atoms with E-state index in [1.807, 2.05) is 12.1 Å². The predicted octanol–water partition coefficient (Wildman–Crippen LogP) is 2.80. The number of carbonyl (C=O) groups excluding carboxylic acids is 1. The van der Waals surface area contributed by atoms with Crippen LogP contribution in [0.25, 0.3) is 0 Å². The van der Waals surface area contributed by atoms with Crippen molar-refractivity contribution in [3.05, 3.63) is 28.8 Å². The molecule has 0 aromatic heterocycles. The van der Waals surface area contributed by atoms with Gasteiger partial charge < -0.3 is 4.74 Å². The molecular weight excluding hydrogens is 200 g/mol. The van der Waals surface area contributed by atoms with Gasteiger partial charge in [0.05, 0.1) is 7.11 Å². The highest BCUT2D eigenvalue weighted by Crippen LogP contribution is 2.37. The molecule has 0 saturated heterocycles. The zero-order valence-corrected chi connectivity index (χ0v) is 8.67. The summed E-state index contributed by atoms with van der Waals surface area (Å²) in [7, 11) is 1.60. The number of halogens is 1. The van der Waals surface area contributed by atoms with E-state index >= 15 is 0 Å². The van der Waals surface area contributed by atoms with E-state index in [4.69, 9.17) is 16.3 Å². The molecular formula is C11H11ClO2. The zero-order chi connectivity index (χ0) is 10.1. The van der Waals surface area contributed by atoms with Crippen molar-refractivity contribution in [2.24, 2.45) is 0 Å². The predicted molar refractivity (Wildman–Crippen MR) is 55.0 cm³/mol. The van der Waals surface area contributed by atoms with E-state index in [0.29, 0.717) is 11.4 Å². The minimum Gasteiger partial charge on any atom is -0.497 e. The molecule has 1 aliphatic rings. The molecule has 1 aliphatic carbocycles. The van der Waals surface area contributed by atoms with Gasteiger partial charge in [0.15, 0.2) is 0 Å². The molecule has 0 N–H and O–H groups in total. The lowest BCUT2D eigenvalue weighted by Gasteiger charge is -2.25. The summed E-state index contributed by atoms with van der Waals surface area (Å²) in [5.74, 6) is 1.04. The van der Waals surface area contributed by atoms with Crippen molar-refractivity contribution in [2.75, 3.05) is 7.11 Å². The molecule has 0 aliphatic heterocycles. The topological polar surface area (TPSA) is 26.3 Å². The second-order valence-corrected chi connectivity index (χ2v) is 3.85. The van der Waals surface area contributed by atoms with E-state index in [-0.39, 0.29) is 11.7 Å². The van der Waals surface area contributed by atoms with Crippen molar-refractivity contribution in [1.82, 2.24) is 0 Å². The second kappa shape index (κ2) is 3.62. The molecule has 14 heavy (non-hydrogen) atoms. The lowest BCUT2D eigenvalue weighted by Crippen LogP contribution is -2.23. The fraction of sp³-hybridized carbons (Fsp3) is 0.364. The van der Waals surface area contributed by atoms with Gasteiger partial charge in [-0.2, -0.15) is 0 Å². The summed E-state index contributed by atoms with van der Waals surface area (Å²) in [6.45, 7) is 0. The van der Waals surface area contributed by atoms with E-state index in [1.54, 1.807) is 13.2 Å². The molecule has 1 aromatic rings. The summed E-state index contributed by atoms with van der Waals surface area (Å²) in [6, 6.07) is 5.47. The summed E-state index contributed by atoms with van der Waals surface area (Å²) in [4.78, 5) is 11.2. The molecule has 1 fully saturated rings. The number of hydrogen-bond acceptors (Lipinski definition) is 2. The van der Waals surface area contributed by atoms with Crippen LogP contribution in [0.1, 0.15) is 24.3 Å². The molecule has 0 radical (unpaired) electrons. The minimum atomic E-state index is 0.0217. The van der Waals surface area contributed by atoms with Crippen molar-refractivity contribution in [3.8, 4) is 5.75 Å². The number of rotatable bonds is 2. The van der Waals surface area contributed by atoms with Crippen LogP contribution in [-0.4, -0.2) is 12.9 Å². The number of carbonyl (C=O) groups is 1. The number of ether oxygens (including phenoxy) is 1. The van der Waals surface area contributed by atoms with Gasteiger partial charge in [0.2, 0.25) is 0 Å². The van der Waals surface area contributed by atoms with Crippen LogP contribution in [0.3, 0.4) is 0 Å². The smallest absolute Gasteiger partial charge is 0.140 e. The average Bonchev–Trinajstić information content (AvgIpc) is 2.18. The monoisotopic (exact) mass is 210 g/mol. The molecule has 3 heteroatoms. The van der Waals surface area contributed by atoms with Crippen molar-refractivity contribution < 1.29 is 9.53 Å². The van der Waals surface area contributed by atoms with Crippen LogP contribution < -0.4 is 4.74 Å². The maximum Gasteiger partial charge on any atom is 0.140 e. The minimum absolute atomic E-state index is 0.0217. The van der Waals surface area contributed by atoms with Crippen LogP contribution >= 0.6 is 11.6 Å². The lowest BCUT2D eigenvalue weighted by molar-refractivity contribution is -0.125. The molecule has 0 spiro atoms. The summed E-state index contributed by atoms with van der Waals surface area (Å²) < 4.78 is 5.04. The quantitative estimate of drug-likeness (QED) is 0.751. The number of hydrogen-bond donors (Lipinski definition) is 0. The molecule has 1 unspecified atom stereocenters. The number of methoxy groups -OCH3 is 1. The van der Waals surface area contributed by atoms with E-state index in [1.165, 1.54) is 0 Å². The average molecular weight is 211 g/mol. The third-order valence-corrected chi connectivity index (χ3v) is 2.98. The molecule has 0 heterocycles. The molecule has 2 rings (SSSR count). The Kier molecular flexibility index (Phi) is 2.46. The third kappa shape index (κ3) is 1.50. The highest BCUT2D eigenvalue weighted by Gasteiger charge is 2.30. The maximum absolute atomic E-state index is 11.2. The molecule has 2 nitrogen and oxygen atoms in total. The standard InChI is InChI=1S/C11H11ClO2/c1-14-7-2-3-8(10(12)6-7)9-4-5-11(9)13/h2-3,6,9H,4-5H2,1H3. The first kappa shape index (κ1) is 9.53. The first-order valence-electron chi connectivity index (χ1n) is 4.58. The summed E-state index contributed by atoms with van der Waals surface area (Å²) >= 11 is 6.05. The highest BCUT2D eigenvalue weighted by molar-refractivity contribution is 6.31. The fourth-order valence-electron chi connectivity index (χ4n) is 1.65. The number of benzene rings is 1. The molecule has 74 valence electrons. The highest BCUT2D eigenvalue weighted by atomic mass is 35.5. The van der Waals surface area contributed by atoms with Crippen LogP contribution in [0.5, 0.6) is 5.75 Å². The largest absolute Gasteiger partial charge is 0.497 e. The van der Waals surface area contributed by atoms with Gasteiger partial charge in [-0.3, -0.25) is 4.79 Å². The second-order valence-electron chi connectivity index (χ2n) is 3.45. The Morgan fingerprint density at radius 3 is 2.71 bits per heavy atom. The maximum atomic E-state index is 11.2. The van der Waals surface area contributed by atoms with Gasteiger partial charge in [0.1, 0.15) is 11.5 Å². The van der Waals surface area contributed by atoms with Crippen molar-refractivity contribution in [2.45, 2.75) is 18.8 Å². The van der Waals surface area contributed by atoms with Crippen LogP contribution in [0, 0.1) is 0 Å². The molecule has 0 amide bonds.